The first-order valence-electron chi connectivity index (χ1n) is 6.25. The van der Waals surface area contributed by atoms with E-state index in [0.29, 0.717) is 5.02 Å². The molecule has 0 aliphatic rings. The molecule has 0 atom stereocenters. The molecular weight excluding hydrogens is 307 g/mol. The first kappa shape index (κ1) is 15.4. The third-order valence-electron chi connectivity index (χ3n) is 3.02. The van der Waals surface area contributed by atoms with Crippen LogP contribution >= 0.6 is 24.0 Å². The standard InChI is InChI=1S/C16H13ClN2O.ClH/c1-10-7-16(19-12-3-2-4-13(20)9-12)14-8-11(17)5-6-15(14)18-10;/h2-9,20H,1H3,(H,18,19);1H. The fourth-order valence-corrected chi connectivity index (χ4v) is 2.35. The number of anilines is 2. The van der Waals surface area contributed by atoms with Gasteiger partial charge in [-0.3, -0.25) is 4.98 Å². The summed E-state index contributed by atoms with van der Waals surface area (Å²) < 4.78 is 0. The van der Waals surface area contributed by atoms with Crippen molar-refractivity contribution >= 4 is 46.3 Å². The average Bonchev–Trinajstić information content (AvgIpc) is 2.39. The number of fused-ring (bicyclic) bond motifs is 1. The van der Waals surface area contributed by atoms with Crippen molar-refractivity contribution < 1.29 is 5.11 Å². The second kappa shape index (κ2) is 6.20. The van der Waals surface area contributed by atoms with Crippen LogP contribution in [0.5, 0.6) is 5.75 Å². The number of hydrogen-bond donors (Lipinski definition) is 2. The maximum Gasteiger partial charge on any atom is 0.117 e. The zero-order valence-corrected chi connectivity index (χ0v) is 12.9. The number of phenols is 1. The van der Waals surface area contributed by atoms with Gasteiger partial charge in [-0.15, -0.1) is 12.4 Å². The first-order chi connectivity index (χ1) is 9.61. The Kier molecular flexibility index (Phi) is 4.56. The van der Waals surface area contributed by atoms with Gasteiger partial charge in [-0.2, -0.15) is 0 Å². The number of benzene rings is 2. The Labute approximate surface area is 134 Å². The van der Waals surface area contributed by atoms with E-state index in [1.54, 1.807) is 18.2 Å². The van der Waals surface area contributed by atoms with E-state index in [9.17, 15) is 5.11 Å². The Morgan fingerprint density at radius 3 is 2.67 bits per heavy atom. The molecule has 0 aliphatic heterocycles. The average molecular weight is 321 g/mol. The molecule has 0 unspecified atom stereocenters. The SMILES string of the molecule is Cc1cc(Nc2cccc(O)c2)c2cc(Cl)ccc2n1.Cl. The van der Waals surface area contributed by atoms with E-state index in [1.807, 2.05) is 37.3 Å². The van der Waals surface area contributed by atoms with Crippen LogP contribution in [0.25, 0.3) is 10.9 Å². The Bertz CT molecular complexity index is 790. The van der Waals surface area contributed by atoms with Gasteiger partial charge in [0.2, 0.25) is 0 Å². The lowest BCUT2D eigenvalue weighted by molar-refractivity contribution is 0.475. The Morgan fingerprint density at radius 1 is 1.10 bits per heavy atom. The summed E-state index contributed by atoms with van der Waals surface area (Å²) in [5.41, 5.74) is 3.54. The van der Waals surface area contributed by atoms with Gasteiger partial charge in [-0.05, 0) is 43.3 Å². The van der Waals surface area contributed by atoms with E-state index < -0.39 is 0 Å². The number of phenolic OH excluding ortho intramolecular Hbond substituents is 1. The number of aromatic nitrogens is 1. The number of halogens is 2. The maximum absolute atomic E-state index is 9.53. The van der Waals surface area contributed by atoms with Gasteiger partial charge in [-0.1, -0.05) is 17.7 Å². The highest BCUT2D eigenvalue weighted by atomic mass is 35.5. The normalized spacial score (nSPS) is 10.2. The molecule has 0 saturated carbocycles. The Hall–Kier alpha value is -1.97. The highest BCUT2D eigenvalue weighted by molar-refractivity contribution is 6.31. The van der Waals surface area contributed by atoms with Gasteiger partial charge in [0.15, 0.2) is 0 Å². The third-order valence-corrected chi connectivity index (χ3v) is 3.26. The van der Waals surface area contributed by atoms with Crippen molar-refractivity contribution in [2.75, 3.05) is 5.32 Å². The fraction of sp³-hybridized carbons (Fsp3) is 0.0625. The largest absolute Gasteiger partial charge is 0.508 e. The van der Waals surface area contributed by atoms with Crippen LogP contribution in [-0.4, -0.2) is 10.1 Å². The fourth-order valence-electron chi connectivity index (χ4n) is 2.17. The maximum atomic E-state index is 9.53. The number of pyridine rings is 1. The summed E-state index contributed by atoms with van der Waals surface area (Å²) in [7, 11) is 0. The molecule has 0 amide bonds. The Balaban J connectivity index is 0.00000161. The van der Waals surface area contributed by atoms with Gasteiger partial charge in [-0.25, -0.2) is 0 Å². The van der Waals surface area contributed by atoms with E-state index in [2.05, 4.69) is 10.3 Å². The predicted octanol–water partition coefficient (Wildman–Crippen LogP) is 5.07. The van der Waals surface area contributed by atoms with Crippen molar-refractivity contribution in [3.63, 3.8) is 0 Å². The van der Waals surface area contributed by atoms with Crippen molar-refractivity contribution in [3.05, 3.63) is 59.2 Å². The molecule has 21 heavy (non-hydrogen) atoms. The molecule has 2 N–H and O–H groups in total. The van der Waals surface area contributed by atoms with Gasteiger partial charge in [0, 0.05) is 33.5 Å². The molecule has 3 aromatic rings. The van der Waals surface area contributed by atoms with Gasteiger partial charge < -0.3 is 10.4 Å². The number of hydrogen-bond acceptors (Lipinski definition) is 3. The molecule has 0 fully saturated rings. The molecule has 0 aliphatic carbocycles. The van der Waals surface area contributed by atoms with Crippen molar-refractivity contribution in [3.8, 4) is 5.75 Å². The highest BCUT2D eigenvalue weighted by Crippen LogP contribution is 2.29. The molecule has 0 bridgehead atoms. The third kappa shape index (κ3) is 3.38. The zero-order valence-electron chi connectivity index (χ0n) is 11.3. The Morgan fingerprint density at radius 2 is 1.90 bits per heavy atom. The quantitative estimate of drug-likeness (QED) is 0.693. The van der Waals surface area contributed by atoms with Gasteiger partial charge in [0.25, 0.3) is 0 Å². The van der Waals surface area contributed by atoms with Crippen LogP contribution < -0.4 is 5.32 Å². The second-order valence-corrected chi connectivity index (χ2v) is 5.08. The lowest BCUT2D eigenvalue weighted by atomic mass is 10.1. The van der Waals surface area contributed by atoms with E-state index in [-0.39, 0.29) is 18.2 Å². The van der Waals surface area contributed by atoms with Crippen LogP contribution in [-0.2, 0) is 0 Å². The number of aromatic hydroxyl groups is 1. The lowest BCUT2D eigenvalue weighted by Gasteiger charge is -2.11. The molecule has 0 radical (unpaired) electrons. The lowest BCUT2D eigenvalue weighted by Crippen LogP contribution is -1.94. The van der Waals surface area contributed by atoms with Gasteiger partial charge >= 0.3 is 0 Å². The van der Waals surface area contributed by atoms with Gasteiger partial charge in [0.05, 0.1) is 5.52 Å². The van der Waals surface area contributed by atoms with E-state index in [1.165, 1.54) is 0 Å². The van der Waals surface area contributed by atoms with Crippen LogP contribution in [0.15, 0.2) is 48.5 Å². The van der Waals surface area contributed by atoms with Crippen molar-refractivity contribution in [1.82, 2.24) is 4.98 Å². The van der Waals surface area contributed by atoms with E-state index >= 15 is 0 Å². The van der Waals surface area contributed by atoms with Crippen molar-refractivity contribution in [1.29, 1.82) is 0 Å². The second-order valence-electron chi connectivity index (χ2n) is 4.65. The molecule has 5 heteroatoms. The minimum absolute atomic E-state index is 0. The number of aryl methyl sites for hydroxylation is 1. The number of rotatable bonds is 2. The topological polar surface area (TPSA) is 45.1 Å². The summed E-state index contributed by atoms with van der Waals surface area (Å²) in [5.74, 6) is 0.225. The van der Waals surface area contributed by atoms with Crippen LogP contribution in [0, 0.1) is 6.92 Å². The highest BCUT2D eigenvalue weighted by Gasteiger charge is 2.05. The monoisotopic (exact) mass is 320 g/mol. The molecule has 2 aromatic carbocycles. The van der Waals surface area contributed by atoms with Gasteiger partial charge in [0.1, 0.15) is 5.75 Å². The van der Waals surface area contributed by atoms with Crippen LogP contribution in [0.3, 0.4) is 0 Å². The summed E-state index contributed by atoms with van der Waals surface area (Å²) in [4.78, 5) is 4.49. The summed E-state index contributed by atoms with van der Waals surface area (Å²) in [6.45, 7) is 1.95. The smallest absolute Gasteiger partial charge is 0.117 e. The van der Waals surface area contributed by atoms with Crippen LogP contribution in [0.4, 0.5) is 11.4 Å². The molecule has 3 rings (SSSR count). The molecule has 0 spiro atoms. The van der Waals surface area contributed by atoms with Crippen LogP contribution in [0.2, 0.25) is 5.02 Å². The first-order valence-corrected chi connectivity index (χ1v) is 6.62. The predicted molar refractivity (Wildman–Crippen MR) is 90.1 cm³/mol. The van der Waals surface area contributed by atoms with E-state index in [0.717, 1.165) is 28.0 Å². The molecule has 108 valence electrons. The minimum atomic E-state index is 0. The minimum Gasteiger partial charge on any atom is -0.508 e. The van der Waals surface area contributed by atoms with Crippen molar-refractivity contribution in [2.24, 2.45) is 0 Å². The summed E-state index contributed by atoms with van der Waals surface area (Å²) in [6.07, 6.45) is 0. The summed E-state index contributed by atoms with van der Waals surface area (Å²) in [6, 6.07) is 14.6. The number of nitrogens with one attached hydrogen (secondary N) is 1. The molecule has 1 heterocycles. The molecular formula is C16H14Cl2N2O. The zero-order chi connectivity index (χ0) is 14.1. The summed E-state index contributed by atoms with van der Waals surface area (Å²) in [5, 5.41) is 14.4. The van der Waals surface area contributed by atoms with Crippen LogP contribution in [0.1, 0.15) is 5.69 Å². The molecule has 0 saturated heterocycles. The molecule has 3 nitrogen and oxygen atoms in total. The van der Waals surface area contributed by atoms with E-state index in [4.69, 9.17) is 11.6 Å². The van der Waals surface area contributed by atoms with Crippen molar-refractivity contribution in [2.45, 2.75) is 6.92 Å². The molecule has 1 aromatic heterocycles. The summed E-state index contributed by atoms with van der Waals surface area (Å²) >= 11 is 6.06. The number of nitrogens with zero attached hydrogens (tertiary/aromatic N) is 1.